The van der Waals surface area contributed by atoms with E-state index in [4.69, 9.17) is 21.7 Å². The van der Waals surface area contributed by atoms with Crippen LogP contribution in [0.1, 0.15) is 17.7 Å². The van der Waals surface area contributed by atoms with Gasteiger partial charge in [-0.3, -0.25) is 0 Å². The van der Waals surface area contributed by atoms with Crippen molar-refractivity contribution in [1.82, 2.24) is 4.98 Å². The van der Waals surface area contributed by atoms with Gasteiger partial charge in [0.05, 0.1) is 5.56 Å². The van der Waals surface area contributed by atoms with E-state index < -0.39 is 37.4 Å². The molecule has 0 atom stereocenters. The quantitative estimate of drug-likeness (QED) is 0.817. The highest BCUT2D eigenvalue weighted by Gasteiger charge is 2.27. The standard InChI is InChI=1S/C7H4ClF2N3O2S/c8-16(14,15)7-5(6(9)10)4(12)1-3(2-11)13-7/h1,6H,(H2,12,13). The van der Waals surface area contributed by atoms with Crippen molar-refractivity contribution in [2.24, 2.45) is 0 Å². The number of nitrogens with two attached hydrogens (primary N) is 1. The third kappa shape index (κ3) is 2.37. The normalized spacial score (nSPS) is 11.4. The molecule has 0 aliphatic carbocycles. The van der Waals surface area contributed by atoms with Gasteiger partial charge in [0.25, 0.3) is 15.5 Å². The monoisotopic (exact) mass is 267 g/mol. The predicted molar refractivity (Wildman–Crippen MR) is 51.4 cm³/mol. The third-order valence-electron chi connectivity index (χ3n) is 1.62. The molecule has 0 aliphatic heterocycles. The second kappa shape index (κ2) is 4.19. The van der Waals surface area contributed by atoms with Crippen LogP contribution in [0.25, 0.3) is 0 Å². The highest BCUT2D eigenvalue weighted by Crippen LogP contribution is 2.32. The van der Waals surface area contributed by atoms with Crippen molar-refractivity contribution < 1.29 is 17.2 Å². The lowest BCUT2D eigenvalue weighted by Crippen LogP contribution is -2.07. The number of nitriles is 1. The Morgan fingerprint density at radius 2 is 2.12 bits per heavy atom. The highest BCUT2D eigenvalue weighted by molar-refractivity contribution is 8.13. The van der Waals surface area contributed by atoms with Crippen molar-refractivity contribution in [1.29, 1.82) is 5.26 Å². The van der Waals surface area contributed by atoms with Crippen molar-refractivity contribution in [2.75, 3.05) is 5.73 Å². The molecule has 1 aromatic heterocycles. The van der Waals surface area contributed by atoms with Crippen LogP contribution in [0.2, 0.25) is 0 Å². The zero-order chi connectivity index (χ0) is 12.5. The molecule has 0 spiro atoms. The minimum Gasteiger partial charge on any atom is -0.398 e. The van der Waals surface area contributed by atoms with Crippen LogP contribution in [0.3, 0.4) is 0 Å². The molecule has 1 aromatic rings. The molecule has 0 unspecified atom stereocenters. The predicted octanol–water partition coefficient (Wildman–Crippen LogP) is 1.40. The summed E-state index contributed by atoms with van der Waals surface area (Å²) in [5.74, 6) is 0. The zero-order valence-electron chi connectivity index (χ0n) is 7.49. The van der Waals surface area contributed by atoms with Crippen molar-refractivity contribution in [3.63, 3.8) is 0 Å². The molecule has 16 heavy (non-hydrogen) atoms. The van der Waals surface area contributed by atoms with Gasteiger partial charge in [-0.25, -0.2) is 22.2 Å². The third-order valence-corrected chi connectivity index (χ3v) is 2.83. The van der Waals surface area contributed by atoms with Gasteiger partial charge in [-0.1, -0.05) is 0 Å². The number of halogens is 3. The Balaban J connectivity index is 3.69. The van der Waals surface area contributed by atoms with Crippen LogP contribution >= 0.6 is 10.7 Å². The van der Waals surface area contributed by atoms with E-state index in [0.717, 1.165) is 6.07 Å². The minimum atomic E-state index is -4.48. The fourth-order valence-corrected chi connectivity index (χ4v) is 2.04. The van der Waals surface area contributed by atoms with Gasteiger partial charge in [-0.15, -0.1) is 0 Å². The SMILES string of the molecule is N#Cc1cc(N)c(C(F)F)c(S(=O)(=O)Cl)n1. The summed E-state index contributed by atoms with van der Waals surface area (Å²) < 4.78 is 47.0. The first-order valence-corrected chi connectivity index (χ1v) is 6.01. The maximum atomic E-state index is 12.5. The molecule has 0 amide bonds. The molecule has 86 valence electrons. The number of hydrogen-bond acceptors (Lipinski definition) is 5. The molecule has 9 heteroatoms. The minimum absolute atomic E-state index is 0.402. The number of anilines is 1. The van der Waals surface area contributed by atoms with E-state index in [1.54, 1.807) is 0 Å². The van der Waals surface area contributed by atoms with Crippen LogP contribution in [0, 0.1) is 11.3 Å². The van der Waals surface area contributed by atoms with Gasteiger partial charge in [0.2, 0.25) is 0 Å². The van der Waals surface area contributed by atoms with E-state index in [1.165, 1.54) is 6.07 Å². The second-order valence-corrected chi connectivity index (χ2v) is 5.15. The van der Waals surface area contributed by atoms with Gasteiger partial charge in [0.15, 0.2) is 5.03 Å². The Labute approximate surface area is 93.9 Å². The fourth-order valence-electron chi connectivity index (χ4n) is 1.01. The molecule has 0 aromatic carbocycles. The zero-order valence-corrected chi connectivity index (χ0v) is 9.06. The summed E-state index contributed by atoms with van der Waals surface area (Å²) in [6, 6.07) is 2.34. The molecule has 0 saturated carbocycles. The van der Waals surface area contributed by atoms with Crippen LogP contribution < -0.4 is 5.73 Å². The number of pyridine rings is 1. The van der Waals surface area contributed by atoms with Crippen molar-refractivity contribution in [3.05, 3.63) is 17.3 Å². The molecule has 0 bridgehead atoms. The molecule has 1 rings (SSSR count). The fraction of sp³-hybridized carbons (Fsp3) is 0.143. The summed E-state index contributed by atoms with van der Waals surface area (Å²) in [4.78, 5) is 3.20. The van der Waals surface area contributed by atoms with Crippen LogP contribution in [0.15, 0.2) is 11.1 Å². The maximum absolute atomic E-state index is 12.5. The van der Waals surface area contributed by atoms with Crippen LogP contribution in [0.5, 0.6) is 0 Å². The Morgan fingerprint density at radius 1 is 1.56 bits per heavy atom. The van der Waals surface area contributed by atoms with E-state index in [9.17, 15) is 17.2 Å². The molecule has 0 radical (unpaired) electrons. The van der Waals surface area contributed by atoms with Gasteiger partial charge in [0.1, 0.15) is 11.8 Å². The Bertz CT molecular complexity index is 568. The summed E-state index contributed by atoms with van der Waals surface area (Å²) in [5.41, 5.74) is 3.27. The van der Waals surface area contributed by atoms with E-state index in [2.05, 4.69) is 4.98 Å². The van der Waals surface area contributed by atoms with Crippen LogP contribution in [-0.2, 0) is 9.05 Å². The van der Waals surface area contributed by atoms with E-state index in [0.29, 0.717) is 0 Å². The van der Waals surface area contributed by atoms with E-state index in [1.807, 2.05) is 0 Å². The molecular formula is C7H4ClF2N3O2S. The van der Waals surface area contributed by atoms with Crippen molar-refractivity contribution >= 4 is 25.4 Å². The average molecular weight is 268 g/mol. The largest absolute Gasteiger partial charge is 0.398 e. The summed E-state index contributed by atoms with van der Waals surface area (Å²) in [5, 5.41) is 7.41. The van der Waals surface area contributed by atoms with Gasteiger partial charge < -0.3 is 5.73 Å². The maximum Gasteiger partial charge on any atom is 0.279 e. The summed E-state index contributed by atoms with van der Waals surface area (Å²) in [6.45, 7) is 0. The van der Waals surface area contributed by atoms with Gasteiger partial charge >= 0.3 is 0 Å². The van der Waals surface area contributed by atoms with Crippen molar-refractivity contribution in [2.45, 2.75) is 11.5 Å². The number of aromatic nitrogens is 1. The lowest BCUT2D eigenvalue weighted by atomic mass is 10.2. The molecule has 2 N–H and O–H groups in total. The first kappa shape index (κ1) is 12.6. The Morgan fingerprint density at radius 3 is 2.50 bits per heavy atom. The molecule has 0 aliphatic rings. The number of rotatable bonds is 2. The van der Waals surface area contributed by atoms with E-state index in [-0.39, 0.29) is 0 Å². The van der Waals surface area contributed by atoms with Gasteiger partial charge in [0, 0.05) is 16.4 Å². The number of nitrogen functional groups attached to an aromatic ring is 1. The summed E-state index contributed by atoms with van der Waals surface area (Å²) in [6.07, 6.45) is -3.15. The number of alkyl halides is 2. The first-order chi connectivity index (χ1) is 7.27. The second-order valence-electron chi connectivity index (χ2n) is 2.67. The van der Waals surface area contributed by atoms with E-state index >= 15 is 0 Å². The highest BCUT2D eigenvalue weighted by atomic mass is 35.7. The topological polar surface area (TPSA) is 96.8 Å². The Kier molecular flexibility index (Phi) is 3.30. The average Bonchev–Trinajstić information content (AvgIpc) is 2.14. The summed E-state index contributed by atoms with van der Waals surface area (Å²) >= 11 is 0. The smallest absolute Gasteiger partial charge is 0.279 e. The molecular weight excluding hydrogens is 264 g/mol. The molecule has 0 saturated heterocycles. The number of nitrogens with zero attached hydrogens (tertiary/aromatic N) is 2. The molecule has 0 fully saturated rings. The lowest BCUT2D eigenvalue weighted by Gasteiger charge is -2.08. The first-order valence-electron chi connectivity index (χ1n) is 3.70. The van der Waals surface area contributed by atoms with Gasteiger partial charge in [-0.2, -0.15) is 5.26 Å². The number of hydrogen-bond donors (Lipinski definition) is 1. The lowest BCUT2D eigenvalue weighted by molar-refractivity contribution is 0.148. The van der Waals surface area contributed by atoms with Crippen LogP contribution in [-0.4, -0.2) is 13.4 Å². The molecule has 5 nitrogen and oxygen atoms in total. The van der Waals surface area contributed by atoms with Crippen LogP contribution in [0.4, 0.5) is 14.5 Å². The van der Waals surface area contributed by atoms with Gasteiger partial charge in [-0.05, 0) is 6.07 Å². The Hall–Kier alpha value is -1.46. The van der Waals surface area contributed by atoms with Crippen molar-refractivity contribution in [3.8, 4) is 6.07 Å². The molecule has 1 heterocycles. The summed E-state index contributed by atoms with van der Waals surface area (Å²) in [7, 11) is 0.437.